The molecule has 0 aliphatic heterocycles. The van der Waals surface area contributed by atoms with Crippen molar-refractivity contribution in [2.24, 2.45) is 19.8 Å². The first-order valence-electron chi connectivity index (χ1n) is 5.90. The molecule has 0 saturated heterocycles. The van der Waals surface area contributed by atoms with Crippen molar-refractivity contribution in [3.8, 4) is 0 Å². The van der Waals surface area contributed by atoms with E-state index < -0.39 is 0 Å². The van der Waals surface area contributed by atoms with Gasteiger partial charge in [-0.3, -0.25) is 9.13 Å². The lowest BCUT2D eigenvalue weighted by atomic mass is 10.1. The van der Waals surface area contributed by atoms with Gasteiger partial charge in [0, 0.05) is 20.1 Å². The molecular weight excluding hydrogens is 214 g/mol. The number of nitrogens with two attached hydrogens (primary N) is 1. The first-order chi connectivity index (χ1) is 8.00. The van der Waals surface area contributed by atoms with Gasteiger partial charge in [0.2, 0.25) is 0 Å². The fourth-order valence-corrected chi connectivity index (χ4v) is 2.10. The number of aryl methyl sites for hydroxylation is 3. The normalized spacial score (nSPS) is 13.2. The molecule has 1 heterocycles. The molecule has 4 nitrogen and oxygen atoms in total. The molecule has 2 aromatic rings. The van der Waals surface area contributed by atoms with Crippen LogP contribution < -0.4 is 11.4 Å². The standard InChI is InChI=1S/C13H19N3O/c1-9(14)4-5-10-6-7-11-12(8-10)16(3)13(17)15(11)2/h6-9H,4-5,14H2,1-3H3. The molecule has 1 aromatic carbocycles. The van der Waals surface area contributed by atoms with E-state index in [0.29, 0.717) is 0 Å². The number of hydrogen-bond donors (Lipinski definition) is 1. The summed E-state index contributed by atoms with van der Waals surface area (Å²) in [6.07, 6.45) is 1.92. The van der Waals surface area contributed by atoms with Gasteiger partial charge in [0.15, 0.2) is 0 Å². The van der Waals surface area contributed by atoms with Crippen LogP contribution in [0.3, 0.4) is 0 Å². The highest BCUT2D eigenvalue weighted by atomic mass is 16.1. The van der Waals surface area contributed by atoms with E-state index in [1.165, 1.54) is 5.56 Å². The van der Waals surface area contributed by atoms with Crippen LogP contribution in [0.1, 0.15) is 18.9 Å². The van der Waals surface area contributed by atoms with E-state index in [1.807, 2.05) is 13.0 Å². The van der Waals surface area contributed by atoms with Crippen molar-refractivity contribution < 1.29 is 0 Å². The summed E-state index contributed by atoms with van der Waals surface area (Å²) in [4.78, 5) is 11.8. The summed E-state index contributed by atoms with van der Waals surface area (Å²) >= 11 is 0. The van der Waals surface area contributed by atoms with Gasteiger partial charge in [0.1, 0.15) is 0 Å². The van der Waals surface area contributed by atoms with E-state index in [0.717, 1.165) is 23.9 Å². The van der Waals surface area contributed by atoms with Gasteiger partial charge in [-0.25, -0.2) is 4.79 Å². The van der Waals surface area contributed by atoms with Gasteiger partial charge in [-0.2, -0.15) is 0 Å². The molecule has 0 aliphatic carbocycles. The van der Waals surface area contributed by atoms with Gasteiger partial charge in [-0.15, -0.1) is 0 Å². The Bertz CT molecular complexity index is 592. The van der Waals surface area contributed by atoms with Crippen LogP contribution in [0, 0.1) is 0 Å². The molecule has 4 heteroatoms. The Hall–Kier alpha value is -1.55. The Morgan fingerprint density at radius 1 is 1.24 bits per heavy atom. The molecule has 1 atom stereocenters. The summed E-state index contributed by atoms with van der Waals surface area (Å²) in [7, 11) is 3.60. The van der Waals surface area contributed by atoms with Crippen molar-refractivity contribution in [3.05, 3.63) is 34.2 Å². The minimum absolute atomic E-state index is 0.0179. The summed E-state index contributed by atoms with van der Waals surface area (Å²) in [6, 6.07) is 6.38. The van der Waals surface area contributed by atoms with Gasteiger partial charge >= 0.3 is 5.69 Å². The maximum absolute atomic E-state index is 11.8. The first-order valence-corrected chi connectivity index (χ1v) is 5.90. The quantitative estimate of drug-likeness (QED) is 0.864. The first kappa shape index (κ1) is 11.9. The second kappa shape index (κ2) is 4.37. The fourth-order valence-electron chi connectivity index (χ4n) is 2.10. The molecule has 92 valence electrons. The van der Waals surface area contributed by atoms with E-state index in [2.05, 4.69) is 12.1 Å². The van der Waals surface area contributed by atoms with Gasteiger partial charge in [-0.05, 0) is 37.5 Å². The van der Waals surface area contributed by atoms with E-state index in [-0.39, 0.29) is 11.7 Å². The Kier molecular flexibility index (Phi) is 3.07. The Morgan fingerprint density at radius 2 is 1.88 bits per heavy atom. The third-order valence-corrected chi connectivity index (χ3v) is 3.22. The maximum Gasteiger partial charge on any atom is 0.328 e. The van der Waals surface area contributed by atoms with Gasteiger partial charge in [0.05, 0.1) is 11.0 Å². The molecule has 1 aromatic heterocycles. The SMILES string of the molecule is CC(N)CCc1ccc2c(c1)n(C)c(=O)n2C. The maximum atomic E-state index is 11.8. The molecule has 0 fully saturated rings. The van der Waals surface area contributed by atoms with Crippen LogP contribution in [0.25, 0.3) is 11.0 Å². The average Bonchev–Trinajstić information content (AvgIpc) is 2.52. The predicted octanol–water partition coefficient (Wildman–Crippen LogP) is 1.16. The molecular formula is C13H19N3O. The summed E-state index contributed by atoms with van der Waals surface area (Å²) in [6.45, 7) is 2.01. The third kappa shape index (κ3) is 2.13. The van der Waals surface area contributed by atoms with Crippen molar-refractivity contribution in [1.82, 2.24) is 9.13 Å². The summed E-state index contributed by atoms with van der Waals surface area (Å²) < 4.78 is 3.36. The number of benzene rings is 1. The molecule has 0 radical (unpaired) electrons. The molecule has 1 unspecified atom stereocenters. The highest BCUT2D eigenvalue weighted by Crippen LogP contribution is 2.15. The number of fused-ring (bicyclic) bond motifs is 1. The van der Waals surface area contributed by atoms with Crippen molar-refractivity contribution in [1.29, 1.82) is 0 Å². The van der Waals surface area contributed by atoms with E-state index >= 15 is 0 Å². The zero-order valence-electron chi connectivity index (χ0n) is 10.6. The summed E-state index contributed by atoms with van der Waals surface area (Å²) in [5.41, 5.74) is 8.96. The molecule has 0 bridgehead atoms. The second-order valence-electron chi connectivity index (χ2n) is 4.74. The monoisotopic (exact) mass is 233 g/mol. The van der Waals surface area contributed by atoms with Crippen LogP contribution in [-0.4, -0.2) is 15.2 Å². The fraction of sp³-hybridized carbons (Fsp3) is 0.462. The molecule has 0 amide bonds. The van der Waals surface area contributed by atoms with Crippen LogP contribution in [0.15, 0.2) is 23.0 Å². The highest BCUT2D eigenvalue weighted by molar-refractivity contribution is 5.76. The van der Waals surface area contributed by atoms with Crippen molar-refractivity contribution in [3.63, 3.8) is 0 Å². The topological polar surface area (TPSA) is 52.9 Å². The lowest BCUT2D eigenvalue weighted by Gasteiger charge is -2.05. The van der Waals surface area contributed by atoms with E-state index in [9.17, 15) is 4.79 Å². The highest BCUT2D eigenvalue weighted by Gasteiger charge is 2.08. The summed E-state index contributed by atoms with van der Waals surface area (Å²) in [5.74, 6) is 0. The Morgan fingerprint density at radius 3 is 2.53 bits per heavy atom. The Balaban J connectivity index is 2.44. The van der Waals surface area contributed by atoms with Crippen LogP contribution in [0.2, 0.25) is 0 Å². The minimum atomic E-state index is 0.0179. The zero-order valence-corrected chi connectivity index (χ0v) is 10.6. The molecule has 0 aliphatic rings. The van der Waals surface area contributed by atoms with Crippen LogP contribution in [0.5, 0.6) is 0 Å². The van der Waals surface area contributed by atoms with Gasteiger partial charge < -0.3 is 5.73 Å². The number of imidazole rings is 1. The van der Waals surface area contributed by atoms with Gasteiger partial charge in [-0.1, -0.05) is 6.07 Å². The minimum Gasteiger partial charge on any atom is -0.328 e. The van der Waals surface area contributed by atoms with E-state index in [1.54, 1.807) is 23.2 Å². The largest absolute Gasteiger partial charge is 0.328 e. The number of rotatable bonds is 3. The number of hydrogen-bond acceptors (Lipinski definition) is 2. The van der Waals surface area contributed by atoms with Crippen molar-refractivity contribution in [2.75, 3.05) is 0 Å². The average molecular weight is 233 g/mol. The molecule has 2 N–H and O–H groups in total. The number of nitrogens with zero attached hydrogens (tertiary/aromatic N) is 2. The molecule has 0 saturated carbocycles. The van der Waals surface area contributed by atoms with Crippen molar-refractivity contribution >= 4 is 11.0 Å². The second-order valence-corrected chi connectivity index (χ2v) is 4.74. The molecule has 2 rings (SSSR count). The lowest BCUT2D eigenvalue weighted by molar-refractivity contribution is 0.666. The van der Waals surface area contributed by atoms with E-state index in [4.69, 9.17) is 5.73 Å². The molecule has 0 spiro atoms. The van der Waals surface area contributed by atoms with Crippen LogP contribution >= 0.6 is 0 Å². The van der Waals surface area contributed by atoms with Gasteiger partial charge in [0.25, 0.3) is 0 Å². The zero-order chi connectivity index (χ0) is 12.6. The Labute approximate surface area is 101 Å². The predicted molar refractivity (Wildman–Crippen MR) is 70.1 cm³/mol. The summed E-state index contributed by atoms with van der Waals surface area (Å²) in [5, 5.41) is 0. The third-order valence-electron chi connectivity index (χ3n) is 3.22. The molecule has 17 heavy (non-hydrogen) atoms. The van der Waals surface area contributed by atoms with Crippen LogP contribution in [-0.2, 0) is 20.5 Å². The number of aromatic nitrogens is 2. The van der Waals surface area contributed by atoms with Crippen LogP contribution in [0.4, 0.5) is 0 Å². The lowest BCUT2D eigenvalue weighted by Crippen LogP contribution is -2.19. The van der Waals surface area contributed by atoms with Crippen molar-refractivity contribution in [2.45, 2.75) is 25.8 Å². The smallest absolute Gasteiger partial charge is 0.328 e.